The van der Waals surface area contributed by atoms with E-state index in [1.165, 1.54) is 23.3 Å². The van der Waals surface area contributed by atoms with Gasteiger partial charge in [0.15, 0.2) is 0 Å². The summed E-state index contributed by atoms with van der Waals surface area (Å²) in [5.41, 5.74) is 3.64. The zero-order chi connectivity index (χ0) is 13.9. The zero-order valence-corrected chi connectivity index (χ0v) is 11.5. The maximum absolute atomic E-state index is 12.8. The van der Waals surface area contributed by atoms with E-state index < -0.39 is 0 Å². The molecule has 0 bridgehead atoms. The Morgan fingerprint density at radius 3 is 2.80 bits per heavy atom. The molecule has 0 aromatic heterocycles. The largest absolute Gasteiger partial charge is 0.488 e. The van der Waals surface area contributed by atoms with Gasteiger partial charge in [-0.25, -0.2) is 4.39 Å². The number of nitrogens with one attached hydrogen (secondary N) is 1. The van der Waals surface area contributed by atoms with Gasteiger partial charge < -0.3 is 10.1 Å². The molecule has 20 heavy (non-hydrogen) atoms. The van der Waals surface area contributed by atoms with Gasteiger partial charge in [0, 0.05) is 19.5 Å². The van der Waals surface area contributed by atoms with Crippen LogP contribution in [0.15, 0.2) is 42.5 Å². The van der Waals surface area contributed by atoms with Gasteiger partial charge in [-0.3, -0.25) is 0 Å². The Bertz CT molecular complexity index is 594. The van der Waals surface area contributed by atoms with E-state index in [1.54, 1.807) is 12.1 Å². The molecule has 0 fully saturated rings. The van der Waals surface area contributed by atoms with E-state index in [0.717, 1.165) is 30.8 Å². The Labute approximate surface area is 118 Å². The summed E-state index contributed by atoms with van der Waals surface area (Å²) in [5, 5.41) is 3.37. The summed E-state index contributed by atoms with van der Waals surface area (Å²) in [6.45, 7) is 3.63. The van der Waals surface area contributed by atoms with Crippen LogP contribution in [-0.4, -0.2) is 12.6 Å². The molecule has 0 amide bonds. The summed E-state index contributed by atoms with van der Waals surface area (Å²) < 4.78 is 18.7. The molecule has 3 rings (SSSR count). The normalized spacial score (nSPS) is 16.8. The minimum Gasteiger partial charge on any atom is -0.488 e. The Morgan fingerprint density at radius 2 is 2.00 bits per heavy atom. The lowest BCUT2D eigenvalue weighted by molar-refractivity contribution is 0.227. The summed E-state index contributed by atoms with van der Waals surface area (Å²) in [5.74, 6) is 0.808. The number of benzene rings is 2. The highest BCUT2D eigenvalue weighted by molar-refractivity contribution is 5.40. The lowest BCUT2D eigenvalue weighted by Crippen LogP contribution is -2.29. The third-order valence-electron chi connectivity index (χ3n) is 3.57. The van der Waals surface area contributed by atoms with Gasteiger partial charge in [-0.1, -0.05) is 29.8 Å². The predicted molar refractivity (Wildman–Crippen MR) is 77.4 cm³/mol. The summed E-state index contributed by atoms with van der Waals surface area (Å²) in [4.78, 5) is 0. The number of aryl methyl sites for hydroxylation is 1. The van der Waals surface area contributed by atoms with Gasteiger partial charge in [0.1, 0.15) is 17.7 Å². The molecule has 1 aliphatic heterocycles. The van der Waals surface area contributed by atoms with Gasteiger partial charge in [-0.2, -0.15) is 0 Å². The fourth-order valence-corrected chi connectivity index (χ4v) is 2.54. The van der Waals surface area contributed by atoms with Gasteiger partial charge >= 0.3 is 0 Å². The first kappa shape index (κ1) is 13.1. The molecule has 104 valence electrons. The van der Waals surface area contributed by atoms with Crippen molar-refractivity contribution in [1.82, 2.24) is 5.32 Å². The van der Waals surface area contributed by atoms with Crippen LogP contribution in [0, 0.1) is 12.7 Å². The Kier molecular flexibility index (Phi) is 3.70. The Morgan fingerprint density at radius 1 is 1.20 bits per heavy atom. The molecule has 0 aliphatic carbocycles. The maximum atomic E-state index is 12.8. The minimum absolute atomic E-state index is 0.187. The molecule has 3 heteroatoms. The summed E-state index contributed by atoms with van der Waals surface area (Å²) in [7, 11) is 0. The first-order valence-corrected chi connectivity index (χ1v) is 6.92. The number of rotatable bonds is 4. The summed E-state index contributed by atoms with van der Waals surface area (Å²) in [6.07, 6.45) is 1.14. The average Bonchev–Trinajstić information content (AvgIpc) is 2.83. The zero-order valence-electron chi connectivity index (χ0n) is 11.5. The highest BCUT2D eigenvalue weighted by atomic mass is 19.1. The van der Waals surface area contributed by atoms with Crippen molar-refractivity contribution in [3.05, 3.63) is 65.0 Å². The lowest BCUT2D eigenvalue weighted by Gasteiger charge is -2.11. The molecule has 0 radical (unpaired) electrons. The van der Waals surface area contributed by atoms with Crippen molar-refractivity contribution in [1.29, 1.82) is 0 Å². The Hall–Kier alpha value is -1.87. The van der Waals surface area contributed by atoms with Crippen molar-refractivity contribution in [3.63, 3.8) is 0 Å². The molecular weight excluding hydrogens is 253 g/mol. The summed E-state index contributed by atoms with van der Waals surface area (Å²) >= 11 is 0. The van der Waals surface area contributed by atoms with Crippen molar-refractivity contribution >= 4 is 0 Å². The van der Waals surface area contributed by atoms with Crippen molar-refractivity contribution in [2.45, 2.75) is 26.0 Å². The quantitative estimate of drug-likeness (QED) is 0.922. The number of ether oxygens (including phenoxy) is 1. The van der Waals surface area contributed by atoms with E-state index in [9.17, 15) is 4.39 Å². The molecule has 2 aromatic carbocycles. The number of fused-ring (bicyclic) bond motifs is 1. The van der Waals surface area contributed by atoms with Crippen LogP contribution in [0.2, 0.25) is 0 Å². The monoisotopic (exact) mass is 271 g/mol. The second-order valence-corrected chi connectivity index (χ2v) is 5.31. The van der Waals surface area contributed by atoms with Crippen LogP contribution in [0.1, 0.15) is 16.7 Å². The molecule has 2 nitrogen and oxygen atoms in total. The van der Waals surface area contributed by atoms with Crippen LogP contribution < -0.4 is 10.1 Å². The van der Waals surface area contributed by atoms with Crippen LogP contribution in [0.5, 0.6) is 5.75 Å². The molecule has 1 atom stereocenters. The topological polar surface area (TPSA) is 21.3 Å². The van der Waals surface area contributed by atoms with Crippen molar-refractivity contribution in [3.8, 4) is 5.75 Å². The third-order valence-corrected chi connectivity index (χ3v) is 3.57. The molecule has 2 aromatic rings. The minimum atomic E-state index is -0.196. The van der Waals surface area contributed by atoms with E-state index in [0.29, 0.717) is 0 Å². The van der Waals surface area contributed by atoms with Gasteiger partial charge in [-0.05, 0) is 36.2 Å². The van der Waals surface area contributed by atoms with E-state index in [2.05, 4.69) is 24.4 Å². The predicted octanol–water partition coefficient (Wildman–Crippen LogP) is 3.23. The van der Waals surface area contributed by atoms with Crippen molar-refractivity contribution in [2.75, 3.05) is 6.54 Å². The first-order valence-electron chi connectivity index (χ1n) is 6.92. The maximum Gasteiger partial charge on any atom is 0.123 e. The van der Waals surface area contributed by atoms with Crippen LogP contribution in [-0.2, 0) is 13.0 Å². The summed E-state index contributed by atoms with van der Waals surface area (Å²) in [6, 6.07) is 12.9. The highest BCUT2D eigenvalue weighted by Crippen LogP contribution is 2.29. The molecule has 0 saturated heterocycles. The van der Waals surface area contributed by atoms with Crippen LogP contribution in [0.25, 0.3) is 0 Å². The SMILES string of the molecule is Cc1ccc2c(c1)CC(CNCc1ccc(F)cc1)O2. The molecule has 1 heterocycles. The lowest BCUT2D eigenvalue weighted by atomic mass is 10.1. The van der Waals surface area contributed by atoms with Crippen molar-refractivity contribution in [2.24, 2.45) is 0 Å². The molecule has 0 spiro atoms. The standard InChI is InChI=1S/C17H18FNO/c1-12-2-7-17-14(8-12)9-16(20-17)11-19-10-13-3-5-15(18)6-4-13/h2-8,16,19H,9-11H2,1H3. The van der Waals surface area contributed by atoms with Gasteiger partial charge in [0.2, 0.25) is 0 Å². The molecule has 1 unspecified atom stereocenters. The molecule has 0 saturated carbocycles. The van der Waals surface area contributed by atoms with E-state index >= 15 is 0 Å². The number of hydrogen-bond acceptors (Lipinski definition) is 2. The van der Waals surface area contributed by atoms with Gasteiger partial charge in [0.25, 0.3) is 0 Å². The Balaban J connectivity index is 1.50. The number of halogens is 1. The van der Waals surface area contributed by atoms with Crippen molar-refractivity contribution < 1.29 is 9.13 Å². The van der Waals surface area contributed by atoms with Crippen LogP contribution in [0.3, 0.4) is 0 Å². The van der Waals surface area contributed by atoms with Crippen LogP contribution >= 0.6 is 0 Å². The second kappa shape index (κ2) is 5.63. The van der Waals surface area contributed by atoms with Gasteiger partial charge in [-0.15, -0.1) is 0 Å². The van der Waals surface area contributed by atoms with E-state index in [-0.39, 0.29) is 11.9 Å². The second-order valence-electron chi connectivity index (χ2n) is 5.31. The third kappa shape index (κ3) is 2.99. The van der Waals surface area contributed by atoms with Crippen LogP contribution in [0.4, 0.5) is 4.39 Å². The van der Waals surface area contributed by atoms with Gasteiger partial charge in [0.05, 0.1) is 0 Å². The average molecular weight is 271 g/mol. The first-order chi connectivity index (χ1) is 9.70. The highest BCUT2D eigenvalue weighted by Gasteiger charge is 2.22. The molecular formula is C17H18FNO. The molecule has 1 aliphatic rings. The number of hydrogen-bond donors (Lipinski definition) is 1. The molecule has 1 N–H and O–H groups in total. The smallest absolute Gasteiger partial charge is 0.123 e. The fraction of sp³-hybridized carbons (Fsp3) is 0.294. The van der Waals surface area contributed by atoms with E-state index in [4.69, 9.17) is 4.74 Å². The fourth-order valence-electron chi connectivity index (χ4n) is 2.54. The van der Waals surface area contributed by atoms with E-state index in [1.807, 2.05) is 6.07 Å².